The van der Waals surface area contributed by atoms with E-state index in [0.29, 0.717) is 5.92 Å². The normalized spacial score (nSPS) is 20.5. The molecular formula is C11H14INO. The van der Waals surface area contributed by atoms with Gasteiger partial charge >= 0.3 is 0 Å². The van der Waals surface area contributed by atoms with E-state index in [2.05, 4.69) is 22.6 Å². The molecule has 0 aromatic heterocycles. The minimum absolute atomic E-state index is 0.226. The molecule has 1 aliphatic rings. The van der Waals surface area contributed by atoms with Crippen molar-refractivity contribution >= 4 is 22.6 Å². The summed E-state index contributed by atoms with van der Waals surface area (Å²) in [6, 6.07) is 7.75. The Morgan fingerprint density at radius 2 is 2.00 bits per heavy atom. The summed E-state index contributed by atoms with van der Waals surface area (Å²) in [5.74, 6) is 0.431. The molecule has 2 atom stereocenters. The van der Waals surface area contributed by atoms with Gasteiger partial charge in [0.25, 0.3) is 0 Å². The van der Waals surface area contributed by atoms with Gasteiger partial charge < -0.3 is 10.8 Å². The van der Waals surface area contributed by atoms with Crippen LogP contribution in [0.2, 0.25) is 0 Å². The van der Waals surface area contributed by atoms with E-state index < -0.39 is 0 Å². The minimum Gasteiger partial charge on any atom is -0.391 e. The lowest BCUT2D eigenvalue weighted by atomic mass is 9.99. The monoisotopic (exact) mass is 303 g/mol. The van der Waals surface area contributed by atoms with Crippen LogP contribution in [-0.2, 0) is 0 Å². The van der Waals surface area contributed by atoms with Gasteiger partial charge in [-0.25, -0.2) is 0 Å². The molecular weight excluding hydrogens is 289 g/mol. The van der Waals surface area contributed by atoms with Crippen molar-refractivity contribution in [2.24, 2.45) is 11.7 Å². The number of halogens is 1. The predicted octanol–water partition coefficient (Wildman–Crippen LogP) is 2.06. The Morgan fingerprint density at radius 3 is 2.57 bits per heavy atom. The zero-order chi connectivity index (χ0) is 10.1. The number of rotatable bonds is 3. The predicted molar refractivity (Wildman–Crippen MR) is 64.8 cm³/mol. The van der Waals surface area contributed by atoms with Crippen LogP contribution in [0.3, 0.4) is 0 Å². The van der Waals surface area contributed by atoms with Crippen LogP contribution in [0.1, 0.15) is 24.4 Å². The SMILES string of the molecule is N[C@@H](c1ccccc1I)[C@H](O)C1CC1. The zero-order valence-corrected chi connectivity index (χ0v) is 10.0. The van der Waals surface area contributed by atoms with Gasteiger partial charge in [-0.2, -0.15) is 0 Å². The van der Waals surface area contributed by atoms with Crippen LogP contribution in [-0.4, -0.2) is 11.2 Å². The third-order valence-corrected chi connectivity index (χ3v) is 3.72. The highest BCUT2D eigenvalue weighted by Gasteiger charge is 2.34. The van der Waals surface area contributed by atoms with Crippen molar-refractivity contribution in [1.82, 2.24) is 0 Å². The highest BCUT2D eigenvalue weighted by molar-refractivity contribution is 14.1. The molecule has 0 saturated heterocycles. The molecule has 0 heterocycles. The fourth-order valence-corrected chi connectivity index (χ4v) is 2.41. The van der Waals surface area contributed by atoms with Gasteiger partial charge in [-0.3, -0.25) is 0 Å². The topological polar surface area (TPSA) is 46.2 Å². The maximum atomic E-state index is 9.91. The lowest BCUT2D eigenvalue weighted by Crippen LogP contribution is -2.28. The Balaban J connectivity index is 2.17. The molecule has 1 fully saturated rings. The van der Waals surface area contributed by atoms with E-state index in [0.717, 1.165) is 22.0 Å². The van der Waals surface area contributed by atoms with E-state index in [9.17, 15) is 5.11 Å². The van der Waals surface area contributed by atoms with Crippen molar-refractivity contribution in [3.05, 3.63) is 33.4 Å². The quantitative estimate of drug-likeness (QED) is 0.840. The first-order chi connectivity index (χ1) is 6.70. The Morgan fingerprint density at radius 1 is 1.36 bits per heavy atom. The Kier molecular flexibility index (Phi) is 3.09. The fourth-order valence-electron chi connectivity index (χ4n) is 1.66. The van der Waals surface area contributed by atoms with E-state index in [-0.39, 0.29) is 12.1 Å². The molecule has 0 aliphatic heterocycles. The summed E-state index contributed by atoms with van der Waals surface area (Å²) in [5, 5.41) is 9.91. The van der Waals surface area contributed by atoms with Crippen molar-refractivity contribution in [1.29, 1.82) is 0 Å². The minimum atomic E-state index is -0.370. The number of aliphatic hydroxyl groups is 1. The second-order valence-corrected chi connectivity index (χ2v) is 5.04. The summed E-state index contributed by atoms with van der Waals surface area (Å²) >= 11 is 2.26. The molecule has 3 N–H and O–H groups in total. The first kappa shape index (κ1) is 10.4. The van der Waals surface area contributed by atoms with Gasteiger partial charge in [0.05, 0.1) is 12.1 Å². The lowest BCUT2D eigenvalue weighted by Gasteiger charge is -2.19. The maximum Gasteiger partial charge on any atom is 0.0761 e. The highest BCUT2D eigenvalue weighted by Crippen LogP contribution is 2.37. The average Bonchev–Trinajstić information content (AvgIpc) is 3.00. The van der Waals surface area contributed by atoms with Gasteiger partial charge in [-0.1, -0.05) is 18.2 Å². The second kappa shape index (κ2) is 4.16. The lowest BCUT2D eigenvalue weighted by molar-refractivity contribution is 0.122. The Hall–Kier alpha value is -0.130. The summed E-state index contributed by atoms with van der Waals surface area (Å²) in [6.45, 7) is 0. The summed E-state index contributed by atoms with van der Waals surface area (Å²) in [7, 11) is 0. The van der Waals surface area contributed by atoms with Crippen molar-refractivity contribution in [2.75, 3.05) is 0 Å². The molecule has 14 heavy (non-hydrogen) atoms. The van der Waals surface area contributed by atoms with Crippen molar-refractivity contribution in [2.45, 2.75) is 25.0 Å². The van der Waals surface area contributed by atoms with Crippen molar-refractivity contribution in [3.8, 4) is 0 Å². The molecule has 0 unspecified atom stereocenters. The van der Waals surface area contributed by atoms with Crippen LogP contribution in [0.25, 0.3) is 0 Å². The third kappa shape index (κ3) is 2.10. The molecule has 2 rings (SSSR count). The average molecular weight is 303 g/mol. The zero-order valence-electron chi connectivity index (χ0n) is 7.86. The van der Waals surface area contributed by atoms with Gasteiger partial charge in [0.1, 0.15) is 0 Å². The van der Waals surface area contributed by atoms with E-state index in [4.69, 9.17) is 5.73 Å². The van der Waals surface area contributed by atoms with Crippen molar-refractivity contribution in [3.63, 3.8) is 0 Å². The highest BCUT2D eigenvalue weighted by atomic mass is 127. The van der Waals surface area contributed by atoms with Gasteiger partial charge in [0.2, 0.25) is 0 Å². The van der Waals surface area contributed by atoms with E-state index in [1.165, 1.54) is 0 Å². The standard InChI is InChI=1S/C11H14INO/c12-9-4-2-1-3-8(9)10(13)11(14)7-5-6-7/h1-4,7,10-11,14H,5-6,13H2/t10-,11+/m0/s1. The molecule has 2 nitrogen and oxygen atoms in total. The molecule has 76 valence electrons. The Bertz CT molecular complexity index is 325. The van der Waals surface area contributed by atoms with Gasteiger partial charge in [0.15, 0.2) is 0 Å². The van der Waals surface area contributed by atoms with E-state index >= 15 is 0 Å². The van der Waals surface area contributed by atoms with Crippen LogP contribution >= 0.6 is 22.6 Å². The first-order valence-corrected chi connectivity index (χ1v) is 5.96. The molecule has 0 radical (unpaired) electrons. The van der Waals surface area contributed by atoms with Crippen LogP contribution in [0.15, 0.2) is 24.3 Å². The van der Waals surface area contributed by atoms with Crippen LogP contribution < -0.4 is 5.73 Å². The maximum absolute atomic E-state index is 9.91. The number of hydrogen-bond acceptors (Lipinski definition) is 2. The van der Waals surface area contributed by atoms with Crippen LogP contribution in [0, 0.1) is 9.49 Å². The first-order valence-electron chi connectivity index (χ1n) is 4.88. The largest absolute Gasteiger partial charge is 0.391 e. The summed E-state index contributed by atoms with van der Waals surface area (Å²) < 4.78 is 1.14. The van der Waals surface area contributed by atoms with Crippen LogP contribution in [0.4, 0.5) is 0 Å². The molecule has 1 saturated carbocycles. The van der Waals surface area contributed by atoms with E-state index in [1.54, 1.807) is 0 Å². The van der Waals surface area contributed by atoms with Gasteiger partial charge in [-0.05, 0) is 53.0 Å². The third-order valence-electron chi connectivity index (χ3n) is 2.74. The summed E-state index contributed by atoms with van der Waals surface area (Å²) in [5.41, 5.74) is 7.09. The molecule has 1 aromatic rings. The van der Waals surface area contributed by atoms with Gasteiger partial charge in [-0.15, -0.1) is 0 Å². The van der Waals surface area contributed by atoms with Crippen LogP contribution in [0.5, 0.6) is 0 Å². The summed E-state index contributed by atoms with van der Waals surface area (Å²) in [4.78, 5) is 0. The number of hydrogen-bond donors (Lipinski definition) is 2. The molecule has 0 amide bonds. The smallest absolute Gasteiger partial charge is 0.0761 e. The Labute approximate surface area is 97.6 Å². The number of nitrogens with two attached hydrogens (primary N) is 1. The second-order valence-electron chi connectivity index (χ2n) is 3.88. The number of benzene rings is 1. The van der Waals surface area contributed by atoms with Crippen molar-refractivity contribution < 1.29 is 5.11 Å². The molecule has 1 aromatic carbocycles. The number of aliphatic hydroxyl groups excluding tert-OH is 1. The molecule has 0 bridgehead atoms. The van der Waals surface area contributed by atoms with E-state index in [1.807, 2.05) is 24.3 Å². The fraction of sp³-hybridized carbons (Fsp3) is 0.455. The van der Waals surface area contributed by atoms with Gasteiger partial charge in [0, 0.05) is 3.57 Å². The molecule has 0 spiro atoms. The molecule has 1 aliphatic carbocycles. The summed E-state index contributed by atoms with van der Waals surface area (Å²) in [6.07, 6.45) is 1.88. The molecule has 3 heteroatoms.